The highest BCUT2D eigenvalue weighted by molar-refractivity contribution is 5.96. The SMILES string of the molecule is COc1nc(C)cc(=O)n1CC(=O)c1cc(F)ccc1F. The third kappa shape index (κ3) is 3.13. The van der Waals surface area contributed by atoms with E-state index in [-0.39, 0.29) is 6.01 Å². The molecule has 1 aromatic heterocycles. The number of nitrogens with zero attached hydrogens (tertiary/aromatic N) is 2. The molecule has 0 saturated heterocycles. The lowest BCUT2D eigenvalue weighted by Gasteiger charge is -2.10. The number of hydrogen-bond donors (Lipinski definition) is 0. The lowest BCUT2D eigenvalue weighted by atomic mass is 10.1. The van der Waals surface area contributed by atoms with E-state index in [0.29, 0.717) is 5.69 Å². The van der Waals surface area contributed by atoms with Gasteiger partial charge < -0.3 is 4.74 Å². The van der Waals surface area contributed by atoms with Crippen molar-refractivity contribution in [3.63, 3.8) is 0 Å². The molecule has 0 spiro atoms. The molecule has 0 bridgehead atoms. The van der Waals surface area contributed by atoms with E-state index in [1.54, 1.807) is 6.92 Å². The van der Waals surface area contributed by atoms with Crippen LogP contribution in [0, 0.1) is 18.6 Å². The van der Waals surface area contributed by atoms with Gasteiger partial charge in [0.05, 0.1) is 19.2 Å². The molecule has 21 heavy (non-hydrogen) atoms. The number of halogens is 2. The van der Waals surface area contributed by atoms with E-state index in [1.165, 1.54) is 13.2 Å². The fourth-order valence-corrected chi connectivity index (χ4v) is 1.84. The summed E-state index contributed by atoms with van der Waals surface area (Å²) in [5, 5.41) is 0. The maximum atomic E-state index is 13.5. The van der Waals surface area contributed by atoms with Crippen LogP contribution in [0.2, 0.25) is 0 Å². The van der Waals surface area contributed by atoms with Crippen molar-refractivity contribution < 1.29 is 18.3 Å². The van der Waals surface area contributed by atoms with Gasteiger partial charge in [-0.25, -0.2) is 13.8 Å². The molecule has 0 radical (unpaired) electrons. The number of Topliss-reactive ketones (excluding diaryl/α,β-unsaturated/α-hetero) is 1. The van der Waals surface area contributed by atoms with E-state index in [9.17, 15) is 18.4 Å². The molecule has 110 valence electrons. The fraction of sp³-hybridized carbons (Fsp3) is 0.214. The second-order valence-corrected chi connectivity index (χ2v) is 4.36. The molecule has 0 fully saturated rings. The highest BCUT2D eigenvalue weighted by Gasteiger charge is 2.17. The third-order valence-corrected chi connectivity index (χ3v) is 2.81. The van der Waals surface area contributed by atoms with E-state index < -0.39 is 35.1 Å². The number of ether oxygens (including phenoxy) is 1. The van der Waals surface area contributed by atoms with Gasteiger partial charge in [0, 0.05) is 11.8 Å². The normalized spacial score (nSPS) is 10.5. The quantitative estimate of drug-likeness (QED) is 0.806. The monoisotopic (exact) mass is 294 g/mol. The molecule has 0 unspecified atom stereocenters. The Balaban J connectivity index is 2.40. The number of benzene rings is 1. The Bertz CT molecular complexity index is 756. The molecule has 2 aromatic rings. The molecular weight excluding hydrogens is 282 g/mol. The van der Waals surface area contributed by atoms with Crippen LogP contribution in [0.25, 0.3) is 0 Å². The molecule has 0 aliphatic heterocycles. The minimum Gasteiger partial charge on any atom is -0.468 e. The van der Waals surface area contributed by atoms with E-state index in [1.807, 2.05) is 0 Å². The maximum absolute atomic E-state index is 13.5. The summed E-state index contributed by atoms with van der Waals surface area (Å²) in [5.74, 6) is -2.34. The summed E-state index contributed by atoms with van der Waals surface area (Å²) in [6.07, 6.45) is 0. The Morgan fingerprint density at radius 2 is 2.05 bits per heavy atom. The molecule has 0 aliphatic carbocycles. The van der Waals surface area contributed by atoms with Crippen molar-refractivity contribution in [2.75, 3.05) is 7.11 Å². The van der Waals surface area contributed by atoms with E-state index in [2.05, 4.69) is 4.98 Å². The Kier molecular flexibility index (Phi) is 4.11. The second kappa shape index (κ2) is 5.82. The van der Waals surface area contributed by atoms with Gasteiger partial charge in [0.1, 0.15) is 11.6 Å². The summed E-state index contributed by atoms with van der Waals surface area (Å²) < 4.78 is 32.5. The van der Waals surface area contributed by atoms with E-state index in [0.717, 1.165) is 22.8 Å². The molecule has 0 N–H and O–H groups in total. The number of methoxy groups -OCH3 is 1. The highest BCUT2D eigenvalue weighted by Crippen LogP contribution is 2.13. The lowest BCUT2D eigenvalue weighted by Crippen LogP contribution is -2.26. The van der Waals surface area contributed by atoms with Gasteiger partial charge in [-0.15, -0.1) is 0 Å². The van der Waals surface area contributed by atoms with Crippen molar-refractivity contribution >= 4 is 5.78 Å². The summed E-state index contributed by atoms with van der Waals surface area (Å²) >= 11 is 0. The first-order valence-electron chi connectivity index (χ1n) is 6.03. The van der Waals surface area contributed by atoms with Crippen LogP contribution < -0.4 is 10.3 Å². The summed E-state index contributed by atoms with van der Waals surface area (Å²) in [5.41, 5.74) is -0.508. The largest absolute Gasteiger partial charge is 0.468 e. The summed E-state index contributed by atoms with van der Waals surface area (Å²) in [6, 6.07) is 3.71. The predicted octanol–water partition coefficient (Wildman–Crippen LogP) is 1.72. The number of aryl methyl sites for hydroxylation is 1. The first-order chi connectivity index (χ1) is 9.92. The molecule has 0 saturated carbocycles. The molecular formula is C14H12F2N2O3. The topological polar surface area (TPSA) is 61.2 Å². The van der Waals surface area contributed by atoms with E-state index in [4.69, 9.17) is 4.74 Å². The van der Waals surface area contributed by atoms with Crippen molar-refractivity contribution in [1.29, 1.82) is 0 Å². The van der Waals surface area contributed by atoms with Gasteiger partial charge in [0.25, 0.3) is 11.6 Å². The molecule has 2 rings (SSSR count). The number of hydrogen-bond acceptors (Lipinski definition) is 4. The molecule has 1 aromatic carbocycles. The first kappa shape index (κ1) is 14.8. The minimum absolute atomic E-state index is 0.0647. The van der Waals surface area contributed by atoms with Gasteiger partial charge in [-0.05, 0) is 25.1 Å². The molecule has 0 atom stereocenters. The van der Waals surface area contributed by atoms with Crippen molar-refractivity contribution in [1.82, 2.24) is 9.55 Å². The number of rotatable bonds is 4. The molecule has 7 heteroatoms. The summed E-state index contributed by atoms with van der Waals surface area (Å²) in [7, 11) is 1.30. The van der Waals surface area contributed by atoms with Crippen LogP contribution in [-0.2, 0) is 6.54 Å². The first-order valence-corrected chi connectivity index (χ1v) is 6.03. The van der Waals surface area contributed by atoms with Crippen molar-refractivity contribution in [3.8, 4) is 6.01 Å². The van der Waals surface area contributed by atoms with Crippen molar-refractivity contribution in [2.45, 2.75) is 13.5 Å². The van der Waals surface area contributed by atoms with Gasteiger partial charge >= 0.3 is 0 Å². The number of ketones is 1. The molecule has 0 amide bonds. The van der Waals surface area contributed by atoms with Crippen molar-refractivity contribution in [3.05, 3.63) is 57.5 Å². The minimum atomic E-state index is -0.853. The van der Waals surface area contributed by atoms with Crippen LogP contribution in [0.1, 0.15) is 16.1 Å². The average Bonchev–Trinajstić information content (AvgIpc) is 2.43. The third-order valence-electron chi connectivity index (χ3n) is 2.81. The predicted molar refractivity (Wildman–Crippen MR) is 70.5 cm³/mol. The molecule has 1 heterocycles. The van der Waals surface area contributed by atoms with Gasteiger partial charge in [-0.2, -0.15) is 0 Å². The number of carbonyl (C=O) groups is 1. The molecule has 0 aliphatic rings. The van der Waals surface area contributed by atoms with Crippen LogP contribution in [0.4, 0.5) is 8.78 Å². The van der Waals surface area contributed by atoms with Gasteiger partial charge in [0.2, 0.25) is 0 Å². The second-order valence-electron chi connectivity index (χ2n) is 4.36. The van der Waals surface area contributed by atoms with Crippen LogP contribution >= 0.6 is 0 Å². The smallest absolute Gasteiger partial charge is 0.299 e. The Hall–Kier alpha value is -2.57. The highest BCUT2D eigenvalue weighted by atomic mass is 19.1. The Labute approximate surface area is 118 Å². The van der Waals surface area contributed by atoms with Crippen molar-refractivity contribution in [2.24, 2.45) is 0 Å². The Morgan fingerprint density at radius 3 is 2.71 bits per heavy atom. The Morgan fingerprint density at radius 1 is 1.33 bits per heavy atom. The maximum Gasteiger partial charge on any atom is 0.299 e. The van der Waals surface area contributed by atoms with Gasteiger partial charge in [-0.1, -0.05) is 0 Å². The van der Waals surface area contributed by atoms with E-state index >= 15 is 0 Å². The lowest BCUT2D eigenvalue weighted by molar-refractivity contribution is 0.0961. The van der Waals surface area contributed by atoms with Crippen LogP contribution in [0.3, 0.4) is 0 Å². The van der Waals surface area contributed by atoms with Gasteiger partial charge in [0.15, 0.2) is 5.78 Å². The summed E-state index contributed by atoms with van der Waals surface area (Å²) in [6.45, 7) is 1.11. The zero-order chi connectivity index (χ0) is 15.6. The number of aromatic nitrogens is 2. The zero-order valence-corrected chi connectivity index (χ0v) is 11.4. The fourth-order valence-electron chi connectivity index (χ4n) is 1.84. The van der Waals surface area contributed by atoms with Gasteiger partial charge in [-0.3, -0.25) is 14.2 Å². The standard InChI is InChI=1S/C14H12F2N2O3/c1-8-5-13(20)18(14(17-8)21-2)7-12(19)10-6-9(15)3-4-11(10)16/h3-6H,7H2,1-2H3. The number of carbonyl (C=O) groups excluding carboxylic acids is 1. The summed E-state index contributed by atoms with van der Waals surface area (Å²) in [4.78, 5) is 27.9. The molecule has 5 nitrogen and oxygen atoms in total. The average molecular weight is 294 g/mol. The van der Waals surface area contributed by atoms with Crippen LogP contribution in [0.15, 0.2) is 29.1 Å². The van der Waals surface area contributed by atoms with Crippen LogP contribution in [-0.4, -0.2) is 22.4 Å². The van der Waals surface area contributed by atoms with Crippen LogP contribution in [0.5, 0.6) is 6.01 Å². The zero-order valence-electron chi connectivity index (χ0n) is 11.4.